The van der Waals surface area contributed by atoms with E-state index < -0.39 is 0 Å². The zero-order valence-corrected chi connectivity index (χ0v) is 17.6. The molecule has 4 aromatic rings. The Balaban J connectivity index is 1.59. The van der Waals surface area contributed by atoms with Gasteiger partial charge in [-0.15, -0.1) is 22.7 Å². The van der Waals surface area contributed by atoms with Crippen molar-refractivity contribution >= 4 is 39.5 Å². The number of amides is 1. The Morgan fingerprint density at radius 2 is 1.62 bits per heavy atom. The summed E-state index contributed by atoms with van der Waals surface area (Å²) < 4.78 is 0. The first-order valence-electron chi connectivity index (χ1n) is 9.06. The second-order valence-corrected chi connectivity index (χ2v) is 8.88. The fraction of sp³-hybridized carbons (Fsp3) is 0.0870. The number of thiophene rings is 1. The molecule has 4 nitrogen and oxygen atoms in total. The molecule has 0 aliphatic carbocycles. The summed E-state index contributed by atoms with van der Waals surface area (Å²) in [6.07, 6.45) is 0. The molecule has 144 valence electrons. The van der Waals surface area contributed by atoms with Crippen LogP contribution < -0.4 is 5.32 Å². The van der Waals surface area contributed by atoms with Crippen LogP contribution in [0.2, 0.25) is 0 Å². The quantitative estimate of drug-likeness (QED) is 0.406. The SMILES string of the molecule is Cc1cc(-c2csc(NC(=O)c3ccccc3C(=O)c3ccccc3)n2)c(C)s1. The summed E-state index contributed by atoms with van der Waals surface area (Å²) in [6.45, 7) is 4.13. The molecule has 1 amide bonds. The number of nitrogens with zero attached hydrogens (tertiary/aromatic N) is 1. The molecule has 0 fully saturated rings. The largest absolute Gasteiger partial charge is 0.298 e. The van der Waals surface area contributed by atoms with Crippen LogP contribution in [0.5, 0.6) is 0 Å². The van der Waals surface area contributed by atoms with Crippen molar-refractivity contribution in [3.8, 4) is 11.3 Å². The molecule has 0 atom stereocenters. The van der Waals surface area contributed by atoms with Crippen LogP contribution in [-0.4, -0.2) is 16.7 Å². The molecule has 0 spiro atoms. The molecular formula is C23H18N2O2S2. The minimum atomic E-state index is -0.344. The van der Waals surface area contributed by atoms with E-state index in [4.69, 9.17) is 0 Å². The monoisotopic (exact) mass is 418 g/mol. The van der Waals surface area contributed by atoms with Gasteiger partial charge in [-0.2, -0.15) is 0 Å². The van der Waals surface area contributed by atoms with Crippen LogP contribution in [0, 0.1) is 13.8 Å². The lowest BCUT2D eigenvalue weighted by molar-refractivity contribution is 0.0996. The molecule has 0 aliphatic heterocycles. The Hall–Kier alpha value is -3.09. The van der Waals surface area contributed by atoms with Gasteiger partial charge in [-0.3, -0.25) is 14.9 Å². The first-order valence-corrected chi connectivity index (χ1v) is 10.8. The molecule has 2 aromatic carbocycles. The summed E-state index contributed by atoms with van der Waals surface area (Å²) in [5.41, 5.74) is 3.19. The smallest absolute Gasteiger partial charge is 0.258 e. The maximum atomic E-state index is 12.9. The van der Waals surface area contributed by atoms with Crippen molar-refractivity contribution in [1.82, 2.24) is 4.98 Å². The van der Waals surface area contributed by atoms with Gasteiger partial charge >= 0.3 is 0 Å². The third kappa shape index (κ3) is 4.04. The molecule has 4 rings (SSSR count). The van der Waals surface area contributed by atoms with Crippen LogP contribution in [0.15, 0.2) is 66.0 Å². The van der Waals surface area contributed by atoms with Crippen LogP contribution >= 0.6 is 22.7 Å². The minimum Gasteiger partial charge on any atom is -0.298 e. The number of carbonyl (C=O) groups is 2. The van der Waals surface area contributed by atoms with Gasteiger partial charge in [0.1, 0.15) is 0 Å². The highest BCUT2D eigenvalue weighted by Crippen LogP contribution is 2.32. The van der Waals surface area contributed by atoms with Crippen molar-refractivity contribution in [2.45, 2.75) is 13.8 Å². The van der Waals surface area contributed by atoms with E-state index in [0.29, 0.717) is 21.8 Å². The normalized spacial score (nSPS) is 10.7. The van der Waals surface area contributed by atoms with Gasteiger partial charge in [-0.25, -0.2) is 4.98 Å². The van der Waals surface area contributed by atoms with E-state index in [0.717, 1.165) is 11.3 Å². The van der Waals surface area contributed by atoms with Gasteiger partial charge in [0.15, 0.2) is 10.9 Å². The fourth-order valence-corrected chi connectivity index (χ4v) is 4.77. The second kappa shape index (κ2) is 8.11. The minimum absolute atomic E-state index is 0.180. The zero-order chi connectivity index (χ0) is 20.4. The summed E-state index contributed by atoms with van der Waals surface area (Å²) in [5, 5.41) is 5.29. The highest BCUT2D eigenvalue weighted by atomic mass is 32.1. The first kappa shape index (κ1) is 19.2. The summed E-state index contributed by atoms with van der Waals surface area (Å²) in [4.78, 5) is 32.7. The van der Waals surface area contributed by atoms with Crippen LogP contribution in [0.4, 0.5) is 5.13 Å². The summed E-state index contributed by atoms with van der Waals surface area (Å²) in [7, 11) is 0. The Bertz CT molecular complexity index is 1190. The molecule has 2 aromatic heterocycles. The van der Waals surface area contributed by atoms with E-state index in [2.05, 4.69) is 30.2 Å². The number of aromatic nitrogens is 1. The molecule has 0 saturated heterocycles. The molecule has 2 heterocycles. The van der Waals surface area contributed by atoms with Crippen molar-refractivity contribution in [2.75, 3.05) is 5.32 Å². The van der Waals surface area contributed by atoms with Crippen LogP contribution in [-0.2, 0) is 0 Å². The van der Waals surface area contributed by atoms with E-state index in [1.54, 1.807) is 59.9 Å². The number of aryl methyl sites for hydroxylation is 2. The van der Waals surface area contributed by atoms with Crippen molar-refractivity contribution < 1.29 is 9.59 Å². The highest BCUT2D eigenvalue weighted by Gasteiger charge is 2.19. The first-order chi connectivity index (χ1) is 14.0. The predicted molar refractivity (Wildman–Crippen MR) is 119 cm³/mol. The summed E-state index contributed by atoms with van der Waals surface area (Å²) in [5.74, 6) is -0.524. The maximum absolute atomic E-state index is 12.9. The van der Waals surface area contributed by atoms with Crippen molar-refractivity contribution in [1.29, 1.82) is 0 Å². The Kier molecular flexibility index (Phi) is 5.38. The van der Waals surface area contributed by atoms with Crippen LogP contribution in [0.3, 0.4) is 0 Å². The lowest BCUT2D eigenvalue weighted by Crippen LogP contribution is -2.16. The van der Waals surface area contributed by atoms with E-state index in [9.17, 15) is 9.59 Å². The van der Waals surface area contributed by atoms with E-state index in [1.165, 1.54) is 21.1 Å². The number of thiazole rings is 1. The average molecular weight is 419 g/mol. The van der Waals surface area contributed by atoms with Crippen molar-refractivity contribution in [3.05, 3.63) is 92.5 Å². The molecule has 0 unspecified atom stereocenters. The molecule has 1 N–H and O–H groups in total. The Labute approximate surface area is 176 Å². The van der Waals surface area contributed by atoms with E-state index >= 15 is 0 Å². The summed E-state index contributed by atoms with van der Waals surface area (Å²) in [6, 6.07) is 17.9. The second-order valence-electron chi connectivity index (χ2n) is 6.56. The maximum Gasteiger partial charge on any atom is 0.258 e. The number of nitrogens with one attached hydrogen (secondary N) is 1. The predicted octanol–water partition coefficient (Wildman–Crippen LogP) is 5.97. The number of benzene rings is 2. The number of hydrogen-bond acceptors (Lipinski definition) is 5. The molecule has 29 heavy (non-hydrogen) atoms. The van der Waals surface area contributed by atoms with E-state index in [-0.39, 0.29) is 11.7 Å². The molecule has 0 aliphatic rings. The third-order valence-corrected chi connectivity index (χ3v) is 6.22. The molecule has 0 saturated carbocycles. The zero-order valence-electron chi connectivity index (χ0n) is 15.9. The van der Waals surface area contributed by atoms with Gasteiger partial charge in [0, 0.05) is 31.8 Å². The standard InChI is InChI=1S/C23H18N2O2S2/c1-14-12-19(15(2)29-14)20-13-28-23(24-20)25-22(27)18-11-7-6-10-17(18)21(26)16-8-4-3-5-9-16/h3-13H,1-2H3,(H,24,25,27). The Morgan fingerprint density at radius 1 is 0.931 bits per heavy atom. The van der Waals surface area contributed by atoms with Crippen molar-refractivity contribution in [2.24, 2.45) is 0 Å². The Morgan fingerprint density at radius 3 is 2.31 bits per heavy atom. The lowest BCUT2D eigenvalue weighted by Gasteiger charge is -2.08. The van der Waals surface area contributed by atoms with Crippen LogP contribution in [0.1, 0.15) is 36.0 Å². The lowest BCUT2D eigenvalue weighted by atomic mass is 9.98. The van der Waals surface area contributed by atoms with E-state index in [1.807, 2.05) is 11.4 Å². The number of ketones is 1. The van der Waals surface area contributed by atoms with Gasteiger partial charge in [-0.05, 0) is 26.0 Å². The molecule has 0 bridgehead atoms. The van der Waals surface area contributed by atoms with Gasteiger partial charge in [0.2, 0.25) is 0 Å². The van der Waals surface area contributed by atoms with Crippen molar-refractivity contribution in [3.63, 3.8) is 0 Å². The van der Waals surface area contributed by atoms with Crippen LogP contribution in [0.25, 0.3) is 11.3 Å². The van der Waals surface area contributed by atoms with Gasteiger partial charge < -0.3 is 0 Å². The number of hydrogen-bond donors (Lipinski definition) is 1. The number of rotatable bonds is 5. The fourth-order valence-electron chi connectivity index (χ4n) is 3.13. The van der Waals surface area contributed by atoms with Gasteiger partial charge in [-0.1, -0.05) is 48.5 Å². The average Bonchev–Trinajstić information content (AvgIpc) is 3.33. The molecular weight excluding hydrogens is 400 g/mol. The van der Waals surface area contributed by atoms with Gasteiger partial charge in [0.25, 0.3) is 5.91 Å². The highest BCUT2D eigenvalue weighted by molar-refractivity contribution is 7.14. The topological polar surface area (TPSA) is 59.1 Å². The third-order valence-electron chi connectivity index (χ3n) is 4.49. The molecule has 0 radical (unpaired) electrons. The summed E-state index contributed by atoms with van der Waals surface area (Å²) >= 11 is 3.10. The van der Waals surface area contributed by atoms with Gasteiger partial charge in [0.05, 0.1) is 11.3 Å². The molecule has 6 heteroatoms. The number of carbonyl (C=O) groups excluding carboxylic acids is 2. The number of anilines is 1.